The van der Waals surface area contributed by atoms with Crippen LogP contribution in [0.5, 0.6) is 0 Å². The molecule has 3 aromatic rings. The lowest BCUT2D eigenvalue weighted by Crippen LogP contribution is -2.54. The van der Waals surface area contributed by atoms with E-state index in [9.17, 15) is 14.4 Å². The number of rotatable bonds is 3. The molecule has 0 aliphatic carbocycles. The maximum absolute atomic E-state index is 12.9. The van der Waals surface area contributed by atoms with Crippen molar-refractivity contribution in [1.82, 2.24) is 5.32 Å². The van der Waals surface area contributed by atoms with Gasteiger partial charge in [0.2, 0.25) is 0 Å². The molecule has 0 bridgehead atoms. The SMILES string of the molecule is N#Cc1ccc(-c2ccc(/C=C3\C(=O)NC(=O)N(c4cccc(Br)c4)C3=O)o2)cc1. The quantitative estimate of drug-likeness (QED) is 0.463. The normalized spacial score (nSPS) is 15.3. The Morgan fingerprint density at radius 2 is 1.80 bits per heavy atom. The molecule has 1 fully saturated rings. The van der Waals surface area contributed by atoms with Crippen molar-refractivity contribution < 1.29 is 18.8 Å². The lowest BCUT2D eigenvalue weighted by molar-refractivity contribution is -0.122. The molecule has 1 saturated heterocycles. The largest absolute Gasteiger partial charge is 0.457 e. The van der Waals surface area contributed by atoms with E-state index >= 15 is 0 Å². The Kier molecular flexibility index (Phi) is 5.04. The van der Waals surface area contributed by atoms with Crippen LogP contribution in [0.15, 0.2) is 75.1 Å². The topological polar surface area (TPSA) is 103 Å². The van der Waals surface area contributed by atoms with Crippen LogP contribution in [-0.4, -0.2) is 17.8 Å². The first-order chi connectivity index (χ1) is 14.5. The number of imide groups is 2. The zero-order valence-electron chi connectivity index (χ0n) is 15.3. The molecule has 1 aliphatic rings. The van der Waals surface area contributed by atoms with Gasteiger partial charge < -0.3 is 4.42 Å². The van der Waals surface area contributed by atoms with E-state index in [4.69, 9.17) is 9.68 Å². The van der Waals surface area contributed by atoms with Crippen molar-refractivity contribution in [3.8, 4) is 17.4 Å². The molecular formula is C22H12BrN3O4. The first kappa shape index (κ1) is 19.4. The third-order valence-corrected chi connectivity index (χ3v) is 4.87. The van der Waals surface area contributed by atoms with E-state index in [0.29, 0.717) is 21.5 Å². The lowest BCUT2D eigenvalue weighted by atomic mass is 10.1. The molecule has 30 heavy (non-hydrogen) atoms. The zero-order chi connectivity index (χ0) is 21.3. The number of barbiturate groups is 1. The highest BCUT2D eigenvalue weighted by Crippen LogP contribution is 2.27. The van der Waals surface area contributed by atoms with E-state index in [2.05, 4.69) is 21.2 Å². The lowest BCUT2D eigenvalue weighted by Gasteiger charge is -2.26. The predicted molar refractivity (Wildman–Crippen MR) is 112 cm³/mol. The van der Waals surface area contributed by atoms with E-state index < -0.39 is 17.8 Å². The van der Waals surface area contributed by atoms with E-state index in [0.717, 1.165) is 10.5 Å². The van der Waals surface area contributed by atoms with Crippen molar-refractivity contribution >= 4 is 45.5 Å². The van der Waals surface area contributed by atoms with Crippen LogP contribution in [0.1, 0.15) is 11.3 Å². The van der Waals surface area contributed by atoms with E-state index in [1.165, 1.54) is 6.08 Å². The number of hydrogen-bond donors (Lipinski definition) is 1. The Labute approximate surface area is 179 Å². The molecule has 0 spiro atoms. The number of nitriles is 1. The second-order valence-electron chi connectivity index (χ2n) is 6.33. The molecule has 4 rings (SSSR count). The van der Waals surface area contributed by atoms with Gasteiger partial charge in [0.05, 0.1) is 17.3 Å². The Hall–Kier alpha value is -3.96. The highest BCUT2D eigenvalue weighted by atomic mass is 79.9. The third kappa shape index (κ3) is 3.66. The smallest absolute Gasteiger partial charge is 0.335 e. The number of carbonyl (C=O) groups excluding carboxylic acids is 3. The van der Waals surface area contributed by atoms with Crippen LogP contribution >= 0.6 is 15.9 Å². The Morgan fingerprint density at radius 1 is 1.03 bits per heavy atom. The van der Waals surface area contributed by atoms with Crippen molar-refractivity contribution in [3.63, 3.8) is 0 Å². The van der Waals surface area contributed by atoms with Gasteiger partial charge in [0.25, 0.3) is 11.8 Å². The number of anilines is 1. The highest BCUT2D eigenvalue weighted by molar-refractivity contribution is 9.10. The number of hydrogen-bond acceptors (Lipinski definition) is 5. The molecule has 2 heterocycles. The monoisotopic (exact) mass is 461 g/mol. The average Bonchev–Trinajstić information content (AvgIpc) is 3.20. The van der Waals surface area contributed by atoms with Gasteiger partial charge in [0.1, 0.15) is 17.1 Å². The zero-order valence-corrected chi connectivity index (χ0v) is 16.8. The number of halogens is 1. The minimum absolute atomic E-state index is 0.227. The summed E-state index contributed by atoms with van der Waals surface area (Å²) in [7, 11) is 0. The van der Waals surface area contributed by atoms with Gasteiger partial charge in [-0.25, -0.2) is 9.69 Å². The summed E-state index contributed by atoms with van der Waals surface area (Å²) in [5, 5.41) is 11.1. The van der Waals surface area contributed by atoms with Gasteiger partial charge in [-0.2, -0.15) is 5.26 Å². The van der Waals surface area contributed by atoms with Gasteiger partial charge >= 0.3 is 6.03 Å². The van der Waals surface area contributed by atoms with Crippen LogP contribution in [0.4, 0.5) is 10.5 Å². The number of nitrogens with one attached hydrogen (secondary N) is 1. The van der Waals surface area contributed by atoms with Crippen LogP contribution in [0.25, 0.3) is 17.4 Å². The number of carbonyl (C=O) groups is 3. The van der Waals surface area contributed by atoms with Crippen molar-refractivity contribution in [3.05, 3.63) is 82.0 Å². The summed E-state index contributed by atoms with van der Waals surface area (Å²) in [5.74, 6) is -0.767. The first-order valence-corrected chi connectivity index (χ1v) is 9.53. The molecule has 0 unspecified atom stereocenters. The summed E-state index contributed by atoms with van der Waals surface area (Å²) >= 11 is 3.30. The Bertz CT molecular complexity index is 1250. The van der Waals surface area contributed by atoms with E-state index in [1.54, 1.807) is 60.7 Å². The molecular weight excluding hydrogens is 450 g/mol. The van der Waals surface area contributed by atoms with Gasteiger partial charge in [-0.05, 0) is 60.7 Å². The minimum Gasteiger partial charge on any atom is -0.457 e. The average molecular weight is 462 g/mol. The molecule has 1 aliphatic heterocycles. The fourth-order valence-electron chi connectivity index (χ4n) is 2.94. The van der Waals surface area contributed by atoms with Crippen molar-refractivity contribution in [1.29, 1.82) is 5.26 Å². The Morgan fingerprint density at radius 3 is 2.50 bits per heavy atom. The minimum atomic E-state index is -0.821. The molecule has 1 N–H and O–H groups in total. The van der Waals surface area contributed by atoms with Crippen LogP contribution in [0, 0.1) is 11.3 Å². The Balaban J connectivity index is 1.66. The second kappa shape index (κ2) is 7.81. The summed E-state index contributed by atoms with van der Waals surface area (Å²) in [6.07, 6.45) is 1.29. The molecule has 8 heteroatoms. The fourth-order valence-corrected chi connectivity index (χ4v) is 3.33. The molecule has 7 nitrogen and oxygen atoms in total. The van der Waals surface area contributed by atoms with Crippen molar-refractivity contribution in [2.45, 2.75) is 0 Å². The summed E-state index contributed by atoms with van der Waals surface area (Å²) in [6, 6.07) is 17.9. The molecule has 1 aromatic heterocycles. The van der Waals surface area contributed by atoms with Gasteiger partial charge in [0, 0.05) is 10.0 Å². The number of nitrogens with zero attached hydrogens (tertiary/aromatic N) is 2. The van der Waals surface area contributed by atoms with E-state index in [-0.39, 0.29) is 11.3 Å². The number of amides is 4. The maximum Gasteiger partial charge on any atom is 0.335 e. The molecule has 146 valence electrons. The van der Waals surface area contributed by atoms with Crippen LogP contribution < -0.4 is 10.2 Å². The van der Waals surface area contributed by atoms with Gasteiger partial charge in [-0.3, -0.25) is 14.9 Å². The number of furan rings is 1. The van der Waals surface area contributed by atoms with Crippen LogP contribution in [0.3, 0.4) is 0 Å². The first-order valence-electron chi connectivity index (χ1n) is 8.73. The third-order valence-electron chi connectivity index (χ3n) is 4.38. The molecule has 2 aromatic carbocycles. The highest BCUT2D eigenvalue weighted by Gasteiger charge is 2.37. The predicted octanol–water partition coefficient (Wildman–Crippen LogP) is 4.25. The number of benzene rings is 2. The van der Waals surface area contributed by atoms with Gasteiger partial charge in [-0.1, -0.05) is 22.0 Å². The summed E-state index contributed by atoms with van der Waals surface area (Å²) in [6.45, 7) is 0. The van der Waals surface area contributed by atoms with E-state index in [1.807, 2.05) is 6.07 Å². The summed E-state index contributed by atoms with van der Waals surface area (Å²) < 4.78 is 6.41. The molecule has 0 atom stereocenters. The van der Waals surface area contributed by atoms with Crippen LogP contribution in [-0.2, 0) is 9.59 Å². The standard InChI is InChI=1S/C22H12BrN3O4/c23-15-2-1-3-16(10-15)26-21(28)18(20(27)25-22(26)29)11-17-8-9-19(30-17)14-6-4-13(12-24)5-7-14/h1-11H,(H,25,27,29)/b18-11+. The molecule has 4 amide bonds. The molecule has 0 saturated carbocycles. The van der Waals surface area contributed by atoms with Crippen molar-refractivity contribution in [2.24, 2.45) is 0 Å². The number of urea groups is 1. The molecule has 0 radical (unpaired) electrons. The van der Waals surface area contributed by atoms with Gasteiger partial charge in [-0.15, -0.1) is 0 Å². The second-order valence-corrected chi connectivity index (χ2v) is 7.24. The van der Waals surface area contributed by atoms with Crippen LogP contribution in [0.2, 0.25) is 0 Å². The fraction of sp³-hybridized carbons (Fsp3) is 0. The van der Waals surface area contributed by atoms with Gasteiger partial charge in [0.15, 0.2) is 0 Å². The summed E-state index contributed by atoms with van der Waals surface area (Å²) in [5.41, 5.74) is 1.36. The summed E-state index contributed by atoms with van der Waals surface area (Å²) in [4.78, 5) is 38.3. The van der Waals surface area contributed by atoms with Crippen molar-refractivity contribution in [2.75, 3.05) is 4.90 Å². The maximum atomic E-state index is 12.9.